The summed E-state index contributed by atoms with van der Waals surface area (Å²) in [5, 5.41) is 10.4. The summed E-state index contributed by atoms with van der Waals surface area (Å²) in [5.74, 6) is 1.67. The Labute approximate surface area is 123 Å². The van der Waals surface area contributed by atoms with E-state index in [1.54, 1.807) is 6.92 Å². The smallest absolute Gasteiger partial charge is 0.224 e. The molecule has 6 heteroatoms. The van der Waals surface area contributed by atoms with Crippen LogP contribution in [-0.2, 0) is 11.2 Å². The fourth-order valence-corrected chi connectivity index (χ4v) is 1.77. The molecule has 0 saturated carbocycles. The summed E-state index contributed by atoms with van der Waals surface area (Å²) in [4.78, 5) is 11.8. The summed E-state index contributed by atoms with van der Waals surface area (Å²) in [5.41, 5.74) is 0.734. The average Bonchev–Trinajstić information content (AvgIpc) is 2.84. The average molecular weight is 289 g/mol. The van der Waals surface area contributed by atoms with E-state index in [0.717, 1.165) is 11.4 Å². The summed E-state index contributed by atoms with van der Waals surface area (Å²) in [6, 6.07) is 7.28. The van der Waals surface area contributed by atoms with Crippen molar-refractivity contribution in [3.63, 3.8) is 0 Å². The fraction of sp³-hybridized carbons (Fsp3) is 0.400. The molecule has 2 rings (SSSR count). The van der Waals surface area contributed by atoms with Crippen molar-refractivity contribution in [1.29, 1.82) is 0 Å². The highest BCUT2D eigenvalue weighted by atomic mass is 16.5. The monoisotopic (exact) mass is 289 g/mol. The molecule has 6 nitrogen and oxygen atoms in total. The molecule has 1 heterocycles. The van der Waals surface area contributed by atoms with Gasteiger partial charge in [0, 0.05) is 25.5 Å². The first kappa shape index (κ1) is 15.0. The Balaban J connectivity index is 1.82. The normalized spacial score (nSPS) is 10.7. The van der Waals surface area contributed by atoms with Crippen LogP contribution in [0.1, 0.15) is 32.0 Å². The predicted molar refractivity (Wildman–Crippen MR) is 78.2 cm³/mol. The zero-order valence-electron chi connectivity index (χ0n) is 12.4. The van der Waals surface area contributed by atoms with Gasteiger partial charge in [-0.3, -0.25) is 4.79 Å². The van der Waals surface area contributed by atoms with E-state index in [0.29, 0.717) is 24.6 Å². The summed E-state index contributed by atoms with van der Waals surface area (Å²) in [6.45, 7) is 5.65. The van der Waals surface area contributed by atoms with Gasteiger partial charge in [0.05, 0.1) is 6.10 Å². The van der Waals surface area contributed by atoms with Crippen LogP contribution in [0.15, 0.2) is 28.7 Å². The van der Waals surface area contributed by atoms with Crippen LogP contribution >= 0.6 is 0 Å². The number of amides is 1. The minimum absolute atomic E-state index is 0.0941. The van der Waals surface area contributed by atoms with Gasteiger partial charge in [-0.15, -0.1) is 10.2 Å². The van der Waals surface area contributed by atoms with Gasteiger partial charge in [-0.05, 0) is 38.1 Å². The topological polar surface area (TPSA) is 77.2 Å². The van der Waals surface area contributed by atoms with Gasteiger partial charge >= 0.3 is 0 Å². The van der Waals surface area contributed by atoms with Crippen molar-refractivity contribution in [2.75, 3.05) is 5.32 Å². The molecule has 0 aliphatic heterocycles. The first-order valence-electron chi connectivity index (χ1n) is 6.88. The second-order valence-corrected chi connectivity index (χ2v) is 4.95. The number of aromatic nitrogens is 2. The Morgan fingerprint density at radius 1 is 1.29 bits per heavy atom. The van der Waals surface area contributed by atoms with Gasteiger partial charge in [0.25, 0.3) is 0 Å². The highest BCUT2D eigenvalue weighted by Crippen LogP contribution is 2.17. The van der Waals surface area contributed by atoms with Gasteiger partial charge in [0.15, 0.2) is 0 Å². The number of hydrogen-bond acceptors (Lipinski definition) is 5. The largest absolute Gasteiger partial charge is 0.491 e. The van der Waals surface area contributed by atoms with Crippen molar-refractivity contribution in [3.8, 4) is 5.75 Å². The third-order valence-electron chi connectivity index (χ3n) is 2.64. The molecule has 1 aromatic carbocycles. The zero-order valence-corrected chi connectivity index (χ0v) is 12.4. The van der Waals surface area contributed by atoms with E-state index in [4.69, 9.17) is 9.15 Å². The molecule has 0 spiro atoms. The van der Waals surface area contributed by atoms with Crippen molar-refractivity contribution >= 4 is 11.6 Å². The van der Waals surface area contributed by atoms with E-state index in [1.807, 2.05) is 38.1 Å². The zero-order chi connectivity index (χ0) is 15.2. The summed E-state index contributed by atoms with van der Waals surface area (Å²) in [6.07, 6.45) is 0.857. The van der Waals surface area contributed by atoms with E-state index in [2.05, 4.69) is 15.5 Å². The fourth-order valence-electron chi connectivity index (χ4n) is 1.77. The maximum Gasteiger partial charge on any atom is 0.224 e. The first-order chi connectivity index (χ1) is 10.0. The molecule has 0 bridgehead atoms. The molecule has 0 aliphatic carbocycles. The molecular formula is C15H19N3O3. The van der Waals surface area contributed by atoms with E-state index in [9.17, 15) is 4.79 Å². The number of carbonyl (C=O) groups excluding carboxylic acids is 1. The number of nitrogens with one attached hydrogen (secondary N) is 1. The molecule has 0 saturated heterocycles. The SMILES string of the molecule is Cc1nnc(CCC(=O)Nc2ccc(OC(C)C)cc2)o1. The molecule has 1 amide bonds. The lowest BCUT2D eigenvalue weighted by Gasteiger charge is -2.10. The van der Waals surface area contributed by atoms with E-state index >= 15 is 0 Å². The molecular weight excluding hydrogens is 270 g/mol. The lowest BCUT2D eigenvalue weighted by atomic mass is 10.2. The predicted octanol–water partition coefficient (Wildman–Crippen LogP) is 2.74. The van der Waals surface area contributed by atoms with E-state index in [1.165, 1.54) is 0 Å². The molecule has 21 heavy (non-hydrogen) atoms. The molecule has 0 radical (unpaired) electrons. The number of nitrogens with zero attached hydrogens (tertiary/aromatic N) is 2. The number of ether oxygens (including phenoxy) is 1. The van der Waals surface area contributed by atoms with Crippen LogP contribution in [-0.4, -0.2) is 22.2 Å². The molecule has 0 atom stereocenters. The molecule has 2 aromatic rings. The first-order valence-corrected chi connectivity index (χ1v) is 6.88. The molecule has 1 N–H and O–H groups in total. The molecule has 112 valence electrons. The molecule has 0 unspecified atom stereocenters. The van der Waals surface area contributed by atoms with Gasteiger partial charge in [-0.25, -0.2) is 0 Å². The van der Waals surface area contributed by atoms with Gasteiger partial charge < -0.3 is 14.5 Å². The van der Waals surface area contributed by atoms with E-state index < -0.39 is 0 Å². The lowest BCUT2D eigenvalue weighted by molar-refractivity contribution is -0.116. The summed E-state index contributed by atoms with van der Waals surface area (Å²) in [7, 11) is 0. The summed E-state index contributed by atoms with van der Waals surface area (Å²) < 4.78 is 10.8. The lowest BCUT2D eigenvalue weighted by Crippen LogP contribution is -2.12. The van der Waals surface area contributed by atoms with Crippen molar-refractivity contribution < 1.29 is 13.9 Å². The Morgan fingerprint density at radius 3 is 2.57 bits per heavy atom. The van der Waals surface area contributed by atoms with Crippen molar-refractivity contribution in [2.24, 2.45) is 0 Å². The van der Waals surface area contributed by atoms with Crippen LogP contribution in [0.2, 0.25) is 0 Å². The number of benzene rings is 1. The highest BCUT2D eigenvalue weighted by Gasteiger charge is 2.07. The quantitative estimate of drug-likeness (QED) is 0.884. The van der Waals surface area contributed by atoms with Crippen molar-refractivity contribution in [2.45, 2.75) is 39.7 Å². The van der Waals surface area contributed by atoms with Crippen LogP contribution in [0.25, 0.3) is 0 Å². The Morgan fingerprint density at radius 2 is 2.00 bits per heavy atom. The van der Waals surface area contributed by atoms with Gasteiger partial charge in [-0.2, -0.15) is 0 Å². The van der Waals surface area contributed by atoms with Crippen molar-refractivity contribution in [3.05, 3.63) is 36.0 Å². The second-order valence-electron chi connectivity index (χ2n) is 4.95. The third-order valence-corrected chi connectivity index (χ3v) is 2.64. The maximum atomic E-state index is 11.8. The molecule has 0 aliphatic rings. The van der Waals surface area contributed by atoms with Gasteiger partial charge in [0.2, 0.25) is 17.7 Å². The van der Waals surface area contributed by atoms with Gasteiger partial charge in [-0.1, -0.05) is 0 Å². The Bertz CT molecular complexity index is 590. The number of anilines is 1. The van der Waals surface area contributed by atoms with Crippen LogP contribution in [0, 0.1) is 6.92 Å². The third kappa shape index (κ3) is 4.91. The summed E-state index contributed by atoms with van der Waals surface area (Å²) >= 11 is 0. The highest BCUT2D eigenvalue weighted by molar-refractivity contribution is 5.90. The van der Waals surface area contributed by atoms with Crippen molar-refractivity contribution in [1.82, 2.24) is 10.2 Å². The molecule has 1 aromatic heterocycles. The number of aryl methyl sites for hydroxylation is 2. The van der Waals surface area contributed by atoms with E-state index in [-0.39, 0.29) is 12.0 Å². The van der Waals surface area contributed by atoms with Crippen LogP contribution in [0.5, 0.6) is 5.75 Å². The van der Waals surface area contributed by atoms with Crippen LogP contribution in [0.3, 0.4) is 0 Å². The Hall–Kier alpha value is -2.37. The number of rotatable bonds is 6. The molecule has 0 fully saturated rings. The van der Waals surface area contributed by atoms with Crippen LogP contribution in [0.4, 0.5) is 5.69 Å². The maximum absolute atomic E-state index is 11.8. The van der Waals surface area contributed by atoms with Crippen LogP contribution < -0.4 is 10.1 Å². The Kier molecular flexibility index (Phi) is 4.92. The second kappa shape index (κ2) is 6.88. The number of carbonyl (C=O) groups is 1. The minimum Gasteiger partial charge on any atom is -0.491 e. The van der Waals surface area contributed by atoms with Gasteiger partial charge in [0.1, 0.15) is 5.75 Å². The minimum atomic E-state index is -0.0941. The number of hydrogen-bond donors (Lipinski definition) is 1. The standard InChI is InChI=1S/C15H19N3O3/c1-10(2)20-13-6-4-12(5-7-13)16-14(19)8-9-15-18-17-11(3)21-15/h4-7,10H,8-9H2,1-3H3,(H,16,19).